The number of nitrogens with zero attached hydrogens (tertiary/aromatic N) is 4. The predicted octanol–water partition coefficient (Wildman–Crippen LogP) is 1.46. The molecule has 2 fully saturated rings. The van der Waals surface area contributed by atoms with Crippen LogP contribution in [0.15, 0.2) is 24.5 Å². The molecule has 1 amide bonds. The standard InChI is InChI=1S/C18H28N4O/c1-15-12-20(13-17-4-6-19-7-5-17)14-18(15)22-9-3-8-21(10-11-22)16(2)23/h4-7,15,18H,3,8-14H2,1-2H3/t15-,18+/m0/s1. The van der Waals surface area contributed by atoms with Gasteiger partial charge in [0.05, 0.1) is 0 Å². The number of likely N-dealkylation sites (tertiary alicyclic amines) is 1. The Balaban J connectivity index is 1.57. The van der Waals surface area contributed by atoms with Crippen LogP contribution in [-0.2, 0) is 11.3 Å². The molecular weight excluding hydrogens is 288 g/mol. The summed E-state index contributed by atoms with van der Waals surface area (Å²) in [5.74, 6) is 0.895. The molecule has 0 radical (unpaired) electrons. The van der Waals surface area contributed by atoms with E-state index in [0.717, 1.165) is 52.2 Å². The van der Waals surface area contributed by atoms with Crippen LogP contribution in [0.1, 0.15) is 25.8 Å². The number of hydrogen-bond donors (Lipinski definition) is 0. The second-order valence-corrected chi connectivity index (χ2v) is 6.99. The lowest BCUT2D eigenvalue weighted by Crippen LogP contribution is -2.42. The van der Waals surface area contributed by atoms with Gasteiger partial charge in [0, 0.05) is 71.2 Å². The fraction of sp³-hybridized carbons (Fsp3) is 0.667. The zero-order valence-corrected chi connectivity index (χ0v) is 14.3. The lowest BCUT2D eigenvalue weighted by atomic mass is 10.0. The normalized spacial score (nSPS) is 27.1. The third-order valence-corrected chi connectivity index (χ3v) is 5.25. The summed E-state index contributed by atoms with van der Waals surface area (Å²) in [5, 5.41) is 0. The summed E-state index contributed by atoms with van der Waals surface area (Å²) in [5.41, 5.74) is 1.34. The molecule has 1 aromatic heterocycles. The topological polar surface area (TPSA) is 39.7 Å². The van der Waals surface area contributed by atoms with Crippen molar-refractivity contribution in [3.05, 3.63) is 30.1 Å². The summed E-state index contributed by atoms with van der Waals surface area (Å²) >= 11 is 0. The van der Waals surface area contributed by atoms with Crippen LogP contribution in [-0.4, -0.2) is 70.9 Å². The number of amides is 1. The quantitative estimate of drug-likeness (QED) is 0.846. The second-order valence-electron chi connectivity index (χ2n) is 6.99. The highest BCUT2D eigenvalue weighted by Gasteiger charge is 2.34. The number of pyridine rings is 1. The van der Waals surface area contributed by atoms with Gasteiger partial charge < -0.3 is 4.90 Å². The molecule has 0 aliphatic carbocycles. The molecule has 5 nitrogen and oxygen atoms in total. The van der Waals surface area contributed by atoms with Gasteiger partial charge >= 0.3 is 0 Å². The van der Waals surface area contributed by atoms with E-state index in [1.165, 1.54) is 5.56 Å². The minimum absolute atomic E-state index is 0.214. The van der Waals surface area contributed by atoms with Crippen LogP contribution in [0.3, 0.4) is 0 Å². The average Bonchev–Trinajstić information content (AvgIpc) is 2.75. The molecule has 2 aliphatic rings. The van der Waals surface area contributed by atoms with Gasteiger partial charge in [-0.3, -0.25) is 19.6 Å². The lowest BCUT2D eigenvalue weighted by molar-refractivity contribution is -0.128. The summed E-state index contributed by atoms with van der Waals surface area (Å²) in [6, 6.07) is 4.83. The summed E-state index contributed by atoms with van der Waals surface area (Å²) in [6.45, 7) is 11.3. The van der Waals surface area contributed by atoms with E-state index in [4.69, 9.17) is 0 Å². The maximum atomic E-state index is 11.6. The summed E-state index contributed by atoms with van der Waals surface area (Å²) in [6.07, 6.45) is 4.84. The predicted molar refractivity (Wildman–Crippen MR) is 90.9 cm³/mol. The smallest absolute Gasteiger partial charge is 0.219 e. The average molecular weight is 316 g/mol. The van der Waals surface area contributed by atoms with Crippen molar-refractivity contribution in [2.45, 2.75) is 32.9 Å². The highest BCUT2D eigenvalue weighted by atomic mass is 16.2. The van der Waals surface area contributed by atoms with E-state index in [9.17, 15) is 4.79 Å². The maximum absolute atomic E-state index is 11.6. The Morgan fingerprint density at radius 1 is 1.17 bits per heavy atom. The fourth-order valence-electron chi connectivity index (χ4n) is 3.98. The molecule has 126 valence electrons. The molecule has 2 atom stereocenters. The van der Waals surface area contributed by atoms with E-state index in [1.54, 1.807) is 6.92 Å². The highest BCUT2D eigenvalue weighted by Crippen LogP contribution is 2.24. The first-order chi connectivity index (χ1) is 11.1. The van der Waals surface area contributed by atoms with Crippen molar-refractivity contribution in [3.63, 3.8) is 0 Å². The molecule has 0 aromatic carbocycles. The monoisotopic (exact) mass is 316 g/mol. The molecule has 0 saturated carbocycles. The molecule has 2 aliphatic heterocycles. The molecule has 1 aromatic rings. The van der Waals surface area contributed by atoms with Crippen LogP contribution >= 0.6 is 0 Å². The van der Waals surface area contributed by atoms with E-state index < -0.39 is 0 Å². The zero-order valence-electron chi connectivity index (χ0n) is 14.3. The van der Waals surface area contributed by atoms with Crippen LogP contribution in [0, 0.1) is 5.92 Å². The Hall–Kier alpha value is -1.46. The van der Waals surface area contributed by atoms with Gasteiger partial charge in [-0.15, -0.1) is 0 Å². The SMILES string of the molecule is CC(=O)N1CCCN([C@@H]2CN(Cc3ccncc3)C[C@@H]2C)CC1. The molecule has 0 unspecified atom stereocenters. The molecule has 5 heteroatoms. The third-order valence-electron chi connectivity index (χ3n) is 5.25. The van der Waals surface area contributed by atoms with E-state index in [0.29, 0.717) is 12.0 Å². The van der Waals surface area contributed by atoms with Crippen LogP contribution in [0.25, 0.3) is 0 Å². The first-order valence-corrected chi connectivity index (χ1v) is 8.74. The van der Waals surface area contributed by atoms with Crippen molar-refractivity contribution in [1.82, 2.24) is 19.7 Å². The number of aromatic nitrogens is 1. The van der Waals surface area contributed by atoms with Gasteiger partial charge in [-0.2, -0.15) is 0 Å². The Bertz CT molecular complexity index is 521. The highest BCUT2D eigenvalue weighted by molar-refractivity contribution is 5.73. The van der Waals surface area contributed by atoms with Crippen molar-refractivity contribution in [2.24, 2.45) is 5.92 Å². The summed E-state index contributed by atoms with van der Waals surface area (Å²) in [7, 11) is 0. The molecule has 0 bridgehead atoms. The Morgan fingerprint density at radius 2 is 1.96 bits per heavy atom. The molecular formula is C18H28N4O. The number of rotatable bonds is 3. The van der Waals surface area contributed by atoms with Crippen LogP contribution < -0.4 is 0 Å². The van der Waals surface area contributed by atoms with E-state index in [1.807, 2.05) is 17.3 Å². The molecule has 0 N–H and O–H groups in total. The van der Waals surface area contributed by atoms with Crippen molar-refractivity contribution < 1.29 is 4.79 Å². The number of carbonyl (C=O) groups is 1. The maximum Gasteiger partial charge on any atom is 0.219 e. The van der Waals surface area contributed by atoms with Crippen molar-refractivity contribution in [2.75, 3.05) is 39.3 Å². The van der Waals surface area contributed by atoms with Crippen molar-refractivity contribution >= 4 is 5.91 Å². The van der Waals surface area contributed by atoms with Gasteiger partial charge in [0.1, 0.15) is 0 Å². The van der Waals surface area contributed by atoms with Crippen molar-refractivity contribution in [1.29, 1.82) is 0 Å². The van der Waals surface area contributed by atoms with E-state index in [2.05, 4.69) is 33.8 Å². The first kappa shape index (κ1) is 16.4. The minimum atomic E-state index is 0.214. The van der Waals surface area contributed by atoms with E-state index in [-0.39, 0.29) is 5.91 Å². The first-order valence-electron chi connectivity index (χ1n) is 8.74. The van der Waals surface area contributed by atoms with Crippen LogP contribution in [0.4, 0.5) is 0 Å². The molecule has 3 rings (SSSR count). The van der Waals surface area contributed by atoms with Gasteiger partial charge in [0.2, 0.25) is 5.91 Å². The molecule has 23 heavy (non-hydrogen) atoms. The van der Waals surface area contributed by atoms with Gasteiger partial charge in [0.15, 0.2) is 0 Å². The van der Waals surface area contributed by atoms with Gasteiger partial charge in [-0.1, -0.05) is 6.92 Å². The Labute approximate surface area is 139 Å². The second kappa shape index (κ2) is 7.41. The summed E-state index contributed by atoms with van der Waals surface area (Å²) in [4.78, 5) is 22.8. The zero-order chi connectivity index (χ0) is 16.2. The van der Waals surface area contributed by atoms with Crippen molar-refractivity contribution in [3.8, 4) is 0 Å². The molecule has 2 saturated heterocycles. The van der Waals surface area contributed by atoms with Gasteiger partial charge in [-0.05, 0) is 30.0 Å². The number of hydrogen-bond acceptors (Lipinski definition) is 4. The Morgan fingerprint density at radius 3 is 2.70 bits per heavy atom. The van der Waals surface area contributed by atoms with E-state index >= 15 is 0 Å². The van der Waals surface area contributed by atoms with Gasteiger partial charge in [0.25, 0.3) is 0 Å². The van der Waals surface area contributed by atoms with Gasteiger partial charge in [-0.25, -0.2) is 0 Å². The summed E-state index contributed by atoms with van der Waals surface area (Å²) < 4.78 is 0. The fourth-order valence-corrected chi connectivity index (χ4v) is 3.98. The van der Waals surface area contributed by atoms with Crippen LogP contribution in [0.5, 0.6) is 0 Å². The molecule has 3 heterocycles. The van der Waals surface area contributed by atoms with Crippen LogP contribution in [0.2, 0.25) is 0 Å². The Kier molecular flexibility index (Phi) is 5.28. The molecule has 0 spiro atoms. The third kappa shape index (κ3) is 4.09. The number of carbonyl (C=O) groups excluding carboxylic acids is 1. The largest absolute Gasteiger partial charge is 0.342 e. The lowest BCUT2D eigenvalue weighted by Gasteiger charge is -2.30. The minimum Gasteiger partial charge on any atom is -0.342 e.